The predicted octanol–water partition coefficient (Wildman–Crippen LogP) is 4.86. The predicted molar refractivity (Wildman–Crippen MR) is 121 cm³/mol. The molecule has 0 atom stereocenters. The van der Waals surface area contributed by atoms with Crippen molar-refractivity contribution in [3.05, 3.63) is 66.0 Å². The van der Waals surface area contributed by atoms with Gasteiger partial charge in [-0.3, -0.25) is 0 Å². The van der Waals surface area contributed by atoms with Crippen LogP contribution in [0.25, 0.3) is 22.4 Å². The second-order valence-corrected chi connectivity index (χ2v) is 9.40. The standard InChI is InChI=1S/C24H27FN2O3S/c1-4-5-14-30-24-19(16-26-2)15-22(17-8-12-21(13-9-17)31(3,28)29)23(27-24)18-6-10-20(25)11-7-18/h6-13,15,26H,4-5,14,16H2,1-3H3. The number of hydrogen-bond donors (Lipinski definition) is 1. The molecule has 5 nitrogen and oxygen atoms in total. The number of sulfone groups is 1. The Morgan fingerprint density at radius 2 is 1.68 bits per heavy atom. The normalized spacial score (nSPS) is 11.5. The first-order valence-electron chi connectivity index (χ1n) is 10.2. The van der Waals surface area contributed by atoms with Crippen molar-refractivity contribution in [2.45, 2.75) is 31.2 Å². The minimum absolute atomic E-state index is 0.252. The zero-order chi connectivity index (χ0) is 22.4. The van der Waals surface area contributed by atoms with Gasteiger partial charge in [-0.15, -0.1) is 0 Å². The highest BCUT2D eigenvalue weighted by atomic mass is 32.2. The van der Waals surface area contributed by atoms with Crippen molar-refractivity contribution in [3.63, 3.8) is 0 Å². The molecule has 0 amide bonds. The number of rotatable bonds is 9. The van der Waals surface area contributed by atoms with E-state index < -0.39 is 9.84 Å². The molecule has 3 aromatic rings. The van der Waals surface area contributed by atoms with Crippen molar-refractivity contribution in [1.29, 1.82) is 0 Å². The molecule has 0 radical (unpaired) electrons. The largest absolute Gasteiger partial charge is 0.477 e. The molecule has 2 aromatic carbocycles. The van der Waals surface area contributed by atoms with Crippen molar-refractivity contribution in [1.82, 2.24) is 10.3 Å². The lowest BCUT2D eigenvalue weighted by Gasteiger charge is -2.17. The van der Waals surface area contributed by atoms with Crippen molar-refractivity contribution in [2.75, 3.05) is 19.9 Å². The fourth-order valence-electron chi connectivity index (χ4n) is 3.22. The van der Waals surface area contributed by atoms with Gasteiger partial charge in [-0.25, -0.2) is 17.8 Å². The van der Waals surface area contributed by atoms with E-state index in [0.717, 1.165) is 35.1 Å². The van der Waals surface area contributed by atoms with E-state index in [1.807, 2.05) is 13.1 Å². The van der Waals surface area contributed by atoms with E-state index in [1.165, 1.54) is 18.4 Å². The summed E-state index contributed by atoms with van der Waals surface area (Å²) in [5.41, 5.74) is 3.93. The lowest BCUT2D eigenvalue weighted by molar-refractivity contribution is 0.294. The molecule has 31 heavy (non-hydrogen) atoms. The number of unbranched alkanes of at least 4 members (excludes halogenated alkanes) is 1. The Hall–Kier alpha value is -2.77. The molecule has 0 aliphatic carbocycles. The monoisotopic (exact) mass is 442 g/mol. The second-order valence-electron chi connectivity index (χ2n) is 7.38. The molecule has 3 rings (SSSR count). The molecule has 0 spiro atoms. The van der Waals surface area contributed by atoms with Gasteiger partial charge in [0.25, 0.3) is 0 Å². The highest BCUT2D eigenvalue weighted by Gasteiger charge is 2.17. The third-order valence-corrected chi connectivity index (χ3v) is 6.01. The maximum atomic E-state index is 13.5. The van der Waals surface area contributed by atoms with E-state index in [-0.39, 0.29) is 10.7 Å². The van der Waals surface area contributed by atoms with E-state index in [4.69, 9.17) is 9.72 Å². The van der Waals surface area contributed by atoms with Crippen molar-refractivity contribution in [3.8, 4) is 28.3 Å². The Morgan fingerprint density at radius 1 is 1.03 bits per heavy atom. The molecule has 7 heteroatoms. The third-order valence-electron chi connectivity index (χ3n) is 4.88. The molecule has 0 aliphatic heterocycles. The quantitative estimate of drug-likeness (QED) is 0.480. The van der Waals surface area contributed by atoms with Gasteiger partial charge >= 0.3 is 0 Å². The lowest BCUT2D eigenvalue weighted by Crippen LogP contribution is -2.10. The van der Waals surface area contributed by atoms with Crippen molar-refractivity contribution in [2.24, 2.45) is 0 Å². The summed E-state index contributed by atoms with van der Waals surface area (Å²) in [5, 5.41) is 3.14. The van der Waals surface area contributed by atoms with Gasteiger partial charge in [0, 0.05) is 29.5 Å². The van der Waals surface area contributed by atoms with E-state index in [1.54, 1.807) is 36.4 Å². The van der Waals surface area contributed by atoms with Crippen LogP contribution in [0.3, 0.4) is 0 Å². The van der Waals surface area contributed by atoms with Gasteiger partial charge < -0.3 is 10.1 Å². The van der Waals surface area contributed by atoms with Gasteiger partial charge in [0.2, 0.25) is 5.88 Å². The number of ether oxygens (including phenoxy) is 1. The summed E-state index contributed by atoms with van der Waals surface area (Å²) in [6.45, 7) is 3.22. The zero-order valence-electron chi connectivity index (χ0n) is 18.0. The Balaban J connectivity index is 2.16. The van der Waals surface area contributed by atoms with Gasteiger partial charge in [0.15, 0.2) is 9.84 Å². The molecule has 1 aromatic heterocycles. The van der Waals surface area contributed by atoms with E-state index in [0.29, 0.717) is 24.7 Å². The van der Waals surface area contributed by atoms with Crippen LogP contribution in [0.4, 0.5) is 4.39 Å². The fourth-order valence-corrected chi connectivity index (χ4v) is 3.85. The Kier molecular flexibility index (Phi) is 7.41. The van der Waals surface area contributed by atoms with Crippen LogP contribution < -0.4 is 10.1 Å². The number of nitrogens with zero attached hydrogens (tertiary/aromatic N) is 1. The fraction of sp³-hybridized carbons (Fsp3) is 0.292. The number of aromatic nitrogens is 1. The highest BCUT2D eigenvalue weighted by molar-refractivity contribution is 7.90. The molecule has 0 saturated heterocycles. The molecular formula is C24H27FN2O3S. The third kappa shape index (κ3) is 5.68. The van der Waals surface area contributed by atoms with E-state index >= 15 is 0 Å². The maximum absolute atomic E-state index is 13.5. The summed E-state index contributed by atoms with van der Waals surface area (Å²) < 4.78 is 43.2. The molecule has 1 heterocycles. The van der Waals surface area contributed by atoms with Crippen molar-refractivity contribution >= 4 is 9.84 Å². The molecule has 164 valence electrons. The van der Waals surface area contributed by atoms with Crippen LogP contribution in [0.5, 0.6) is 5.88 Å². The Labute approximate surface area is 183 Å². The van der Waals surface area contributed by atoms with Crippen molar-refractivity contribution < 1.29 is 17.5 Å². The second kappa shape index (κ2) is 10.0. The number of hydrogen-bond acceptors (Lipinski definition) is 5. The zero-order valence-corrected chi connectivity index (χ0v) is 18.8. The topological polar surface area (TPSA) is 68.3 Å². The van der Waals surface area contributed by atoms with Crippen LogP contribution in [0, 0.1) is 5.82 Å². The molecule has 0 saturated carbocycles. The van der Waals surface area contributed by atoms with Gasteiger partial charge in [0.1, 0.15) is 5.82 Å². The van der Waals surface area contributed by atoms with Crippen LogP contribution in [-0.4, -0.2) is 33.3 Å². The molecular weight excluding hydrogens is 415 g/mol. The van der Waals surface area contributed by atoms with Gasteiger partial charge in [-0.05, 0) is 61.5 Å². The minimum Gasteiger partial charge on any atom is -0.477 e. The minimum atomic E-state index is -3.29. The van der Waals surface area contributed by atoms with E-state index in [2.05, 4.69) is 12.2 Å². The van der Waals surface area contributed by atoms with Gasteiger partial charge in [-0.2, -0.15) is 0 Å². The number of nitrogens with one attached hydrogen (secondary N) is 1. The smallest absolute Gasteiger partial charge is 0.218 e. The average Bonchev–Trinajstić information content (AvgIpc) is 2.75. The lowest BCUT2D eigenvalue weighted by atomic mass is 9.97. The summed E-state index contributed by atoms with van der Waals surface area (Å²) in [6.07, 6.45) is 3.11. The number of pyridine rings is 1. The average molecular weight is 443 g/mol. The summed E-state index contributed by atoms with van der Waals surface area (Å²) in [7, 11) is -1.44. The number of benzene rings is 2. The van der Waals surface area contributed by atoms with Gasteiger partial charge in [-0.1, -0.05) is 25.5 Å². The van der Waals surface area contributed by atoms with E-state index in [9.17, 15) is 12.8 Å². The van der Waals surface area contributed by atoms with Crippen LogP contribution in [-0.2, 0) is 16.4 Å². The highest BCUT2D eigenvalue weighted by Crippen LogP contribution is 2.35. The first-order valence-corrected chi connectivity index (χ1v) is 12.1. The van der Waals surface area contributed by atoms with Crippen LogP contribution >= 0.6 is 0 Å². The van der Waals surface area contributed by atoms with Crippen LogP contribution in [0.2, 0.25) is 0 Å². The summed E-state index contributed by atoms with van der Waals surface area (Å²) >= 11 is 0. The molecule has 0 unspecified atom stereocenters. The first kappa shape index (κ1) is 22.9. The summed E-state index contributed by atoms with van der Waals surface area (Å²) in [5.74, 6) is 0.215. The summed E-state index contributed by atoms with van der Waals surface area (Å²) in [6, 6.07) is 14.9. The molecule has 0 bridgehead atoms. The maximum Gasteiger partial charge on any atom is 0.218 e. The Bertz CT molecular complexity index is 1130. The molecule has 0 fully saturated rings. The molecule has 0 aliphatic rings. The SMILES string of the molecule is CCCCOc1nc(-c2ccc(F)cc2)c(-c2ccc(S(C)(=O)=O)cc2)cc1CNC. The van der Waals surface area contributed by atoms with Crippen LogP contribution in [0.1, 0.15) is 25.3 Å². The number of halogens is 1. The summed E-state index contributed by atoms with van der Waals surface area (Å²) in [4.78, 5) is 5.06. The van der Waals surface area contributed by atoms with Crippen LogP contribution in [0.15, 0.2) is 59.5 Å². The molecule has 1 N–H and O–H groups in total. The first-order chi connectivity index (χ1) is 14.8. The van der Waals surface area contributed by atoms with Gasteiger partial charge in [0.05, 0.1) is 17.2 Å². The Morgan fingerprint density at radius 3 is 2.26 bits per heavy atom.